The highest BCUT2D eigenvalue weighted by Crippen LogP contribution is 2.12. The third kappa shape index (κ3) is 4.75. The molecule has 0 aromatic rings. The van der Waals surface area contributed by atoms with Crippen LogP contribution in [0.4, 0.5) is 0 Å². The number of methoxy groups -OCH3 is 2. The van der Waals surface area contributed by atoms with Crippen LogP contribution in [-0.2, 0) is 19.1 Å². The highest BCUT2D eigenvalue weighted by Gasteiger charge is 2.25. The first-order chi connectivity index (χ1) is 7.06. The number of carbonyl (C=O) groups is 2. The summed E-state index contributed by atoms with van der Waals surface area (Å²) in [6.45, 7) is 0.341. The number of hydrogen-bond acceptors (Lipinski definition) is 6. The van der Waals surface area contributed by atoms with Gasteiger partial charge in [0, 0.05) is 0 Å². The van der Waals surface area contributed by atoms with Gasteiger partial charge in [0.25, 0.3) is 0 Å². The summed E-state index contributed by atoms with van der Waals surface area (Å²) in [5.74, 6) is -1.39. The van der Waals surface area contributed by atoms with Crippen molar-refractivity contribution in [2.75, 3.05) is 20.8 Å². The monoisotopic (exact) mass is 218 g/mol. The Morgan fingerprint density at radius 3 is 2.13 bits per heavy atom. The maximum absolute atomic E-state index is 11.3. The van der Waals surface area contributed by atoms with Gasteiger partial charge in [-0.2, -0.15) is 0 Å². The van der Waals surface area contributed by atoms with Gasteiger partial charge in [0.1, 0.15) is 6.04 Å². The topological polar surface area (TPSA) is 105 Å². The molecular weight excluding hydrogens is 200 g/mol. The lowest BCUT2D eigenvalue weighted by Crippen LogP contribution is -2.36. The van der Waals surface area contributed by atoms with Crippen molar-refractivity contribution in [1.82, 2.24) is 0 Å². The maximum atomic E-state index is 11.3. The largest absolute Gasteiger partial charge is 0.469 e. The van der Waals surface area contributed by atoms with Gasteiger partial charge in [-0.1, -0.05) is 0 Å². The van der Waals surface area contributed by atoms with Crippen LogP contribution < -0.4 is 11.5 Å². The van der Waals surface area contributed by atoms with Crippen LogP contribution in [0.25, 0.3) is 0 Å². The van der Waals surface area contributed by atoms with E-state index in [0.717, 1.165) is 0 Å². The Balaban J connectivity index is 4.27. The van der Waals surface area contributed by atoms with E-state index < -0.39 is 23.9 Å². The van der Waals surface area contributed by atoms with E-state index in [9.17, 15) is 9.59 Å². The van der Waals surface area contributed by atoms with E-state index in [1.54, 1.807) is 0 Å². The number of ether oxygens (including phenoxy) is 2. The molecule has 0 heterocycles. The third-order valence-electron chi connectivity index (χ3n) is 2.09. The molecule has 0 aromatic heterocycles. The molecule has 0 aliphatic heterocycles. The summed E-state index contributed by atoms with van der Waals surface area (Å²) in [7, 11) is 2.54. The van der Waals surface area contributed by atoms with Crippen molar-refractivity contribution in [3.05, 3.63) is 0 Å². The van der Waals surface area contributed by atoms with Gasteiger partial charge in [0.2, 0.25) is 0 Å². The summed E-state index contributed by atoms with van der Waals surface area (Å²) in [6.07, 6.45) is 0.633. The number of rotatable bonds is 6. The Morgan fingerprint density at radius 2 is 1.73 bits per heavy atom. The Kier molecular flexibility index (Phi) is 6.64. The SMILES string of the molecule is COC(=O)C(N)CC(CCN)C(=O)OC. The van der Waals surface area contributed by atoms with Crippen LogP contribution in [0.5, 0.6) is 0 Å². The van der Waals surface area contributed by atoms with Gasteiger partial charge in [0.05, 0.1) is 20.1 Å². The molecule has 0 rings (SSSR count). The molecule has 0 saturated heterocycles. The van der Waals surface area contributed by atoms with Gasteiger partial charge in [-0.05, 0) is 19.4 Å². The smallest absolute Gasteiger partial charge is 0.322 e. The van der Waals surface area contributed by atoms with Crippen LogP contribution in [0, 0.1) is 5.92 Å². The van der Waals surface area contributed by atoms with Crippen LogP contribution in [0.3, 0.4) is 0 Å². The molecule has 6 nitrogen and oxygen atoms in total. The van der Waals surface area contributed by atoms with Gasteiger partial charge in [0.15, 0.2) is 0 Å². The molecule has 0 aliphatic rings. The third-order valence-corrected chi connectivity index (χ3v) is 2.09. The zero-order valence-corrected chi connectivity index (χ0v) is 9.06. The Labute approximate surface area is 88.9 Å². The molecule has 4 N–H and O–H groups in total. The molecule has 2 unspecified atom stereocenters. The average molecular weight is 218 g/mol. The van der Waals surface area contributed by atoms with Gasteiger partial charge in [-0.3, -0.25) is 9.59 Å². The minimum absolute atomic E-state index is 0.191. The van der Waals surface area contributed by atoms with Gasteiger partial charge < -0.3 is 20.9 Å². The van der Waals surface area contributed by atoms with E-state index in [4.69, 9.17) is 11.5 Å². The molecule has 6 heteroatoms. The molecule has 0 aliphatic carbocycles. The second kappa shape index (κ2) is 7.19. The summed E-state index contributed by atoms with van der Waals surface area (Å²) in [5.41, 5.74) is 10.9. The highest BCUT2D eigenvalue weighted by molar-refractivity contribution is 5.77. The van der Waals surface area contributed by atoms with Crippen LogP contribution in [-0.4, -0.2) is 38.7 Å². The van der Waals surface area contributed by atoms with Crippen LogP contribution in [0.15, 0.2) is 0 Å². The quantitative estimate of drug-likeness (QED) is 0.555. The average Bonchev–Trinajstić information content (AvgIpc) is 2.26. The lowest BCUT2D eigenvalue weighted by Gasteiger charge is -2.16. The molecule has 0 aromatic carbocycles. The molecule has 15 heavy (non-hydrogen) atoms. The first-order valence-electron chi connectivity index (χ1n) is 4.68. The first-order valence-corrected chi connectivity index (χ1v) is 4.68. The number of nitrogens with two attached hydrogens (primary N) is 2. The molecular formula is C9H18N2O4. The van der Waals surface area contributed by atoms with E-state index in [0.29, 0.717) is 13.0 Å². The second-order valence-electron chi connectivity index (χ2n) is 3.16. The Morgan fingerprint density at radius 1 is 1.20 bits per heavy atom. The molecule has 0 bridgehead atoms. The minimum Gasteiger partial charge on any atom is -0.469 e. The van der Waals surface area contributed by atoms with Crippen molar-refractivity contribution < 1.29 is 19.1 Å². The number of esters is 2. The fraction of sp³-hybridized carbons (Fsp3) is 0.778. The van der Waals surface area contributed by atoms with Crippen molar-refractivity contribution in [3.63, 3.8) is 0 Å². The zero-order valence-electron chi connectivity index (χ0n) is 9.06. The normalized spacial score (nSPS) is 14.1. The predicted molar refractivity (Wildman–Crippen MR) is 53.8 cm³/mol. The predicted octanol–water partition coefficient (Wildman–Crippen LogP) is -0.985. The van der Waals surface area contributed by atoms with Gasteiger partial charge in [-0.25, -0.2) is 0 Å². The van der Waals surface area contributed by atoms with Crippen molar-refractivity contribution >= 4 is 11.9 Å². The molecule has 0 radical (unpaired) electrons. The Bertz CT molecular complexity index is 220. The van der Waals surface area contributed by atoms with Crippen molar-refractivity contribution in [1.29, 1.82) is 0 Å². The fourth-order valence-electron chi connectivity index (χ4n) is 1.25. The van der Waals surface area contributed by atoms with Crippen LogP contribution >= 0.6 is 0 Å². The van der Waals surface area contributed by atoms with E-state index in [1.807, 2.05) is 0 Å². The first kappa shape index (κ1) is 13.9. The second-order valence-corrected chi connectivity index (χ2v) is 3.16. The van der Waals surface area contributed by atoms with Gasteiger partial charge in [-0.15, -0.1) is 0 Å². The minimum atomic E-state index is -0.814. The van der Waals surface area contributed by atoms with E-state index >= 15 is 0 Å². The molecule has 0 saturated carbocycles. The van der Waals surface area contributed by atoms with E-state index in [-0.39, 0.29) is 6.42 Å². The molecule has 88 valence electrons. The standard InChI is InChI=1S/C9H18N2O4/c1-14-8(12)6(3-4-10)5-7(11)9(13)15-2/h6-7H,3-5,10-11H2,1-2H3. The van der Waals surface area contributed by atoms with Crippen LogP contribution in [0.2, 0.25) is 0 Å². The molecule has 0 fully saturated rings. The van der Waals surface area contributed by atoms with Gasteiger partial charge >= 0.3 is 11.9 Å². The van der Waals surface area contributed by atoms with Crippen molar-refractivity contribution in [3.8, 4) is 0 Å². The van der Waals surface area contributed by atoms with E-state index in [1.165, 1.54) is 14.2 Å². The highest BCUT2D eigenvalue weighted by atomic mass is 16.5. The lowest BCUT2D eigenvalue weighted by molar-refractivity contribution is -0.147. The maximum Gasteiger partial charge on any atom is 0.322 e. The fourth-order valence-corrected chi connectivity index (χ4v) is 1.25. The van der Waals surface area contributed by atoms with Crippen LogP contribution in [0.1, 0.15) is 12.8 Å². The van der Waals surface area contributed by atoms with Crippen molar-refractivity contribution in [2.45, 2.75) is 18.9 Å². The summed E-state index contributed by atoms with van der Waals surface area (Å²) >= 11 is 0. The summed E-state index contributed by atoms with van der Waals surface area (Å²) in [5, 5.41) is 0. The van der Waals surface area contributed by atoms with Crippen molar-refractivity contribution in [2.24, 2.45) is 17.4 Å². The summed E-state index contributed by atoms with van der Waals surface area (Å²) in [6, 6.07) is -0.814. The molecule has 2 atom stereocenters. The number of hydrogen-bond donors (Lipinski definition) is 2. The molecule has 0 amide bonds. The number of carbonyl (C=O) groups excluding carboxylic acids is 2. The molecule has 0 spiro atoms. The Hall–Kier alpha value is -1.14. The lowest BCUT2D eigenvalue weighted by atomic mass is 9.97. The summed E-state index contributed by atoms with van der Waals surface area (Å²) in [4.78, 5) is 22.3. The van der Waals surface area contributed by atoms with E-state index in [2.05, 4.69) is 9.47 Å². The summed E-state index contributed by atoms with van der Waals surface area (Å²) < 4.78 is 9.03. The zero-order chi connectivity index (χ0) is 11.8.